The third kappa shape index (κ3) is 4.74. The molecule has 0 amide bonds. The topological polar surface area (TPSA) is 173 Å². The normalized spacial score (nSPS) is 19.3. The number of H-pyrrole nitrogens is 2. The molecular weight excluding hydrogens is 380 g/mol. The zero-order valence-corrected chi connectivity index (χ0v) is 16.4. The highest BCUT2D eigenvalue weighted by molar-refractivity contribution is 5.77. The lowest BCUT2D eigenvalue weighted by atomic mass is 9.82. The van der Waals surface area contributed by atoms with E-state index in [-0.39, 0.29) is 5.97 Å². The van der Waals surface area contributed by atoms with Crippen LogP contribution in [0.5, 0.6) is 0 Å². The van der Waals surface area contributed by atoms with Crippen LogP contribution in [0.15, 0.2) is 0 Å². The summed E-state index contributed by atoms with van der Waals surface area (Å²) >= 11 is 0. The predicted molar refractivity (Wildman–Crippen MR) is 97.2 cm³/mol. The molecule has 29 heavy (non-hydrogen) atoms. The summed E-state index contributed by atoms with van der Waals surface area (Å²) in [5.74, 6) is 0.196. The van der Waals surface area contributed by atoms with Gasteiger partial charge in [0.1, 0.15) is 0 Å². The standard InChI is InChI=1S/C9H14N4O2.C8H12N4O2/c1-15-8(14)9(4-2-3-5-9)6-7-10-12-13-11-7;13-7(14)8(3-1-2-4-8)5-6-9-11-12-10-6/h2-6H2,1H3,(H,10,11,12,13);1-5H2,(H,13,14)(H,9,10,11,12). The van der Waals surface area contributed by atoms with Crippen molar-refractivity contribution in [1.82, 2.24) is 41.2 Å². The van der Waals surface area contributed by atoms with Crippen molar-refractivity contribution in [1.29, 1.82) is 0 Å². The van der Waals surface area contributed by atoms with Gasteiger partial charge in [-0.1, -0.05) is 36.1 Å². The minimum Gasteiger partial charge on any atom is -0.481 e. The van der Waals surface area contributed by atoms with Crippen molar-refractivity contribution in [3.63, 3.8) is 0 Å². The van der Waals surface area contributed by atoms with Gasteiger partial charge >= 0.3 is 11.9 Å². The van der Waals surface area contributed by atoms with E-state index in [0.717, 1.165) is 51.4 Å². The molecule has 0 aromatic carbocycles. The van der Waals surface area contributed by atoms with Crippen LogP contribution >= 0.6 is 0 Å². The highest BCUT2D eigenvalue weighted by Gasteiger charge is 2.43. The number of esters is 1. The quantitative estimate of drug-likeness (QED) is 0.584. The van der Waals surface area contributed by atoms with Gasteiger partial charge in [-0.25, -0.2) is 0 Å². The molecule has 2 aromatic rings. The Hall–Kier alpha value is -2.92. The molecule has 2 aromatic heterocycles. The van der Waals surface area contributed by atoms with E-state index in [1.807, 2.05) is 0 Å². The third-order valence-corrected chi connectivity index (χ3v) is 5.96. The largest absolute Gasteiger partial charge is 0.481 e. The maximum atomic E-state index is 11.8. The van der Waals surface area contributed by atoms with Crippen molar-refractivity contribution < 1.29 is 19.4 Å². The molecular formula is C17H26N8O4. The van der Waals surface area contributed by atoms with Gasteiger partial charge in [0.25, 0.3) is 0 Å². The lowest BCUT2D eigenvalue weighted by Crippen LogP contribution is -2.32. The third-order valence-electron chi connectivity index (χ3n) is 5.96. The van der Waals surface area contributed by atoms with E-state index in [1.54, 1.807) is 0 Å². The highest BCUT2D eigenvalue weighted by Crippen LogP contribution is 2.41. The summed E-state index contributed by atoms with van der Waals surface area (Å²) in [6.07, 6.45) is 8.14. The Balaban J connectivity index is 0.000000166. The fourth-order valence-electron chi connectivity index (χ4n) is 4.36. The number of hydrogen-bond donors (Lipinski definition) is 3. The fraction of sp³-hybridized carbons (Fsp3) is 0.765. The molecule has 0 unspecified atom stereocenters. The lowest BCUT2D eigenvalue weighted by Gasteiger charge is -2.23. The van der Waals surface area contributed by atoms with Crippen LogP contribution in [0, 0.1) is 10.8 Å². The van der Waals surface area contributed by atoms with Gasteiger partial charge in [-0.05, 0) is 25.7 Å². The van der Waals surface area contributed by atoms with E-state index in [1.165, 1.54) is 7.11 Å². The number of hydrogen-bond acceptors (Lipinski definition) is 9. The Bertz CT molecular complexity index is 780. The number of aromatic nitrogens is 8. The number of tetrazole rings is 2. The van der Waals surface area contributed by atoms with Crippen molar-refractivity contribution in [2.45, 2.75) is 64.2 Å². The Morgan fingerprint density at radius 2 is 1.34 bits per heavy atom. The molecule has 0 aliphatic heterocycles. The number of aromatic amines is 2. The monoisotopic (exact) mass is 406 g/mol. The van der Waals surface area contributed by atoms with Crippen LogP contribution in [0.25, 0.3) is 0 Å². The average Bonchev–Trinajstić information content (AvgIpc) is 3.51. The van der Waals surface area contributed by atoms with Gasteiger partial charge in [-0.2, -0.15) is 10.4 Å². The Morgan fingerprint density at radius 3 is 1.72 bits per heavy atom. The molecule has 2 aliphatic rings. The lowest BCUT2D eigenvalue weighted by molar-refractivity contribution is -0.152. The number of carbonyl (C=O) groups is 2. The minimum atomic E-state index is -0.736. The number of rotatable bonds is 6. The molecule has 0 radical (unpaired) electrons. The fourth-order valence-corrected chi connectivity index (χ4v) is 4.36. The van der Waals surface area contributed by atoms with Crippen molar-refractivity contribution >= 4 is 11.9 Å². The second-order valence-electron chi connectivity index (χ2n) is 7.78. The number of carboxylic acid groups (broad SMARTS) is 1. The van der Waals surface area contributed by atoms with Crippen molar-refractivity contribution in [3.05, 3.63) is 11.6 Å². The summed E-state index contributed by atoms with van der Waals surface area (Å²) < 4.78 is 4.86. The van der Waals surface area contributed by atoms with Crippen LogP contribution < -0.4 is 0 Å². The predicted octanol–water partition coefficient (Wildman–Crippen LogP) is 0.863. The minimum absolute atomic E-state index is 0.148. The van der Waals surface area contributed by atoms with Crippen LogP contribution in [-0.4, -0.2) is 65.4 Å². The van der Waals surface area contributed by atoms with E-state index >= 15 is 0 Å². The maximum absolute atomic E-state index is 11.8. The van der Waals surface area contributed by atoms with Crippen LogP contribution in [0.4, 0.5) is 0 Å². The molecule has 0 saturated heterocycles. The summed E-state index contributed by atoms with van der Waals surface area (Å²) in [5, 5.41) is 36.2. The van der Waals surface area contributed by atoms with Crippen LogP contribution in [-0.2, 0) is 27.2 Å². The van der Waals surface area contributed by atoms with Crippen molar-refractivity contribution in [2.24, 2.45) is 10.8 Å². The Kier molecular flexibility index (Phi) is 6.49. The molecule has 0 spiro atoms. The Morgan fingerprint density at radius 1 is 0.897 bits per heavy atom. The van der Waals surface area contributed by atoms with E-state index in [9.17, 15) is 14.7 Å². The van der Waals surface area contributed by atoms with Crippen LogP contribution in [0.1, 0.15) is 63.0 Å². The number of aliphatic carboxylic acids is 1. The van der Waals surface area contributed by atoms with Crippen molar-refractivity contribution in [3.8, 4) is 0 Å². The number of carboxylic acids is 1. The van der Waals surface area contributed by atoms with Gasteiger partial charge in [0.15, 0.2) is 11.6 Å². The molecule has 12 heteroatoms. The Labute approximate surface area is 167 Å². The molecule has 4 rings (SSSR count). The van der Waals surface area contributed by atoms with Crippen LogP contribution in [0.2, 0.25) is 0 Å². The zero-order valence-electron chi connectivity index (χ0n) is 16.4. The van der Waals surface area contributed by atoms with E-state index in [0.29, 0.717) is 24.5 Å². The first-order chi connectivity index (χ1) is 14.0. The summed E-state index contributed by atoms with van der Waals surface area (Å²) in [6, 6.07) is 0. The van der Waals surface area contributed by atoms with Gasteiger partial charge in [0.05, 0.1) is 17.9 Å². The maximum Gasteiger partial charge on any atom is 0.312 e. The number of ether oxygens (including phenoxy) is 1. The second kappa shape index (κ2) is 9.05. The smallest absolute Gasteiger partial charge is 0.312 e. The molecule has 3 N–H and O–H groups in total. The van der Waals surface area contributed by atoms with E-state index in [2.05, 4.69) is 41.2 Å². The van der Waals surface area contributed by atoms with Gasteiger partial charge in [0.2, 0.25) is 0 Å². The molecule has 2 saturated carbocycles. The van der Waals surface area contributed by atoms with Gasteiger partial charge in [0, 0.05) is 12.8 Å². The van der Waals surface area contributed by atoms with Gasteiger partial charge in [-0.15, -0.1) is 20.4 Å². The van der Waals surface area contributed by atoms with Crippen molar-refractivity contribution in [2.75, 3.05) is 7.11 Å². The van der Waals surface area contributed by atoms with E-state index < -0.39 is 16.8 Å². The summed E-state index contributed by atoms with van der Waals surface area (Å²) in [5.41, 5.74) is -1.07. The number of methoxy groups -OCH3 is 1. The molecule has 12 nitrogen and oxygen atoms in total. The summed E-state index contributed by atoms with van der Waals surface area (Å²) in [4.78, 5) is 22.9. The van der Waals surface area contributed by atoms with Gasteiger partial charge < -0.3 is 9.84 Å². The first-order valence-corrected chi connectivity index (χ1v) is 9.76. The van der Waals surface area contributed by atoms with E-state index in [4.69, 9.17) is 4.74 Å². The average molecular weight is 406 g/mol. The molecule has 0 atom stereocenters. The molecule has 2 heterocycles. The first kappa shape index (κ1) is 20.8. The second-order valence-corrected chi connectivity index (χ2v) is 7.78. The molecule has 0 bridgehead atoms. The molecule has 158 valence electrons. The SMILES string of the molecule is COC(=O)C1(Cc2nn[nH]n2)CCCC1.O=C(O)C1(Cc2nn[nH]n2)CCCC1. The number of nitrogens with one attached hydrogen (secondary N) is 2. The zero-order chi connectivity index (χ0) is 20.7. The number of carbonyl (C=O) groups excluding carboxylic acids is 1. The molecule has 2 fully saturated rings. The van der Waals surface area contributed by atoms with Crippen LogP contribution in [0.3, 0.4) is 0 Å². The number of nitrogens with zero attached hydrogens (tertiary/aromatic N) is 6. The highest BCUT2D eigenvalue weighted by atomic mass is 16.5. The summed E-state index contributed by atoms with van der Waals surface area (Å²) in [6.45, 7) is 0. The van der Waals surface area contributed by atoms with Gasteiger partial charge in [-0.3, -0.25) is 9.59 Å². The molecule has 2 aliphatic carbocycles. The summed E-state index contributed by atoms with van der Waals surface area (Å²) in [7, 11) is 1.43. The first-order valence-electron chi connectivity index (χ1n) is 9.76.